The molecule has 0 amide bonds. The molecule has 0 saturated heterocycles. The molecule has 0 bridgehead atoms. The summed E-state index contributed by atoms with van der Waals surface area (Å²) in [5, 5.41) is 3.88. The Bertz CT molecular complexity index is 1110. The van der Waals surface area contributed by atoms with Crippen molar-refractivity contribution >= 4 is 11.8 Å². The van der Waals surface area contributed by atoms with Crippen molar-refractivity contribution in [2.75, 3.05) is 13.2 Å². The van der Waals surface area contributed by atoms with Crippen LogP contribution in [-0.2, 0) is 17.8 Å². The van der Waals surface area contributed by atoms with E-state index in [2.05, 4.69) is 10.1 Å². The van der Waals surface area contributed by atoms with E-state index in [0.29, 0.717) is 48.4 Å². The van der Waals surface area contributed by atoms with Gasteiger partial charge in [-0.1, -0.05) is 37.2 Å². The maximum absolute atomic E-state index is 13.2. The number of carbonyl (C=O) groups excluding carboxylic acids is 2. The summed E-state index contributed by atoms with van der Waals surface area (Å²) in [6.45, 7) is 8.54. The molecule has 174 valence electrons. The molecular formula is C25H28N2O6. The third-order valence-electron chi connectivity index (χ3n) is 4.62. The second-order valence-corrected chi connectivity index (χ2v) is 7.68. The van der Waals surface area contributed by atoms with E-state index < -0.39 is 5.97 Å². The normalized spacial score (nSPS) is 10.8. The zero-order valence-electron chi connectivity index (χ0n) is 19.3. The van der Waals surface area contributed by atoms with Gasteiger partial charge < -0.3 is 18.7 Å². The summed E-state index contributed by atoms with van der Waals surface area (Å²) in [5.74, 6) is 1.19. The number of benzene rings is 2. The van der Waals surface area contributed by atoms with Gasteiger partial charge in [-0.25, -0.2) is 4.79 Å². The molecule has 0 aliphatic carbocycles. The number of ether oxygens (including phenoxy) is 3. The van der Waals surface area contributed by atoms with Crippen molar-refractivity contribution in [2.24, 2.45) is 5.92 Å². The van der Waals surface area contributed by atoms with E-state index in [0.717, 1.165) is 0 Å². The van der Waals surface area contributed by atoms with E-state index in [4.69, 9.17) is 18.7 Å². The quantitative estimate of drug-likeness (QED) is 0.306. The maximum Gasteiger partial charge on any atom is 0.339 e. The van der Waals surface area contributed by atoms with Gasteiger partial charge in [0.1, 0.15) is 0 Å². The van der Waals surface area contributed by atoms with Gasteiger partial charge in [-0.2, -0.15) is 4.98 Å². The Labute approximate surface area is 192 Å². The van der Waals surface area contributed by atoms with Crippen LogP contribution in [0.5, 0.6) is 11.5 Å². The smallest absolute Gasteiger partial charge is 0.339 e. The van der Waals surface area contributed by atoms with Crippen LogP contribution in [0.2, 0.25) is 0 Å². The summed E-state index contributed by atoms with van der Waals surface area (Å²) in [5.41, 5.74) is 0.744. The highest BCUT2D eigenvalue weighted by Gasteiger charge is 2.21. The number of aromatic nitrogens is 2. The molecule has 33 heavy (non-hydrogen) atoms. The predicted octanol–water partition coefficient (Wildman–Crippen LogP) is 4.65. The van der Waals surface area contributed by atoms with Gasteiger partial charge in [0.05, 0.1) is 18.8 Å². The second-order valence-electron chi connectivity index (χ2n) is 7.68. The molecule has 0 spiro atoms. The van der Waals surface area contributed by atoms with E-state index >= 15 is 0 Å². The third-order valence-corrected chi connectivity index (χ3v) is 4.62. The summed E-state index contributed by atoms with van der Waals surface area (Å²) in [6.07, 6.45) is 0.667. The van der Waals surface area contributed by atoms with Crippen molar-refractivity contribution in [3.63, 3.8) is 0 Å². The highest BCUT2D eigenvalue weighted by atomic mass is 16.6. The van der Waals surface area contributed by atoms with E-state index in [1.165, 1.54) is 0 Å². The van der Waals surface area contributed by atoms with Crippen molar-refractivity contribution in [3.8, 4) is 11.5 Å². The minimum absolute atomic E-state index is 0.149. The average Bonchev–Trinajstić information content (AvgIpc) is 3.25. The molecule has 3 rings (SSSR count). The largest absolute Gasteiger partial charge is 0.490 e. The summed E-state index contributed by atoms with van der Waals surface area (Å²) in [4.78, 5) is 30.2. The van der Waals surface area contributed by atoms with Crippen molar-refractivity contribution in [3.05, 3.63) is 70.9 Å². The molecule has 8 heteroatoms. The fraction of sp³-hybridized carbons (Fsp3) is 0.360. The number of rotatable bonds is 11. The van der Waals surface area contributed by atoms with Crippen molar-refractivity contribution < 1.29 is 28.3 Å². The van der Waals surface area contributed by atoms with Crippen LogP contribution in [0.15, 0.2) is 47.0 Å². The Morgan fingerprint density at radius 3 is 2.36 bits per heavy atom. The van der Waals surface area contributed by atoms with E-state index in [1.807, 2.05) is 27.7 Å². The number of esters is 1. The molecule has 3 aromatic rings. The Morgan fingerprint density at radius 2 is 1.67 bits per heavy atom. The fourth-order valence-corrected chi connectivity index (χ4v) is 3.21. The Hall–Kier alpha value is -3.68. The van der Waals surface area contributed by atoms with Crippen molar-refractivity contribution in [1.82, 2.24) is 10.1 Å². The molecule has 8 nitrogen and oxygen atoms in total. The first-order chi connectivity index (χ1) is 15.9. The summed E-state index contributed by atoms with van der Waals surface area (Å²) in [6, 6.07) is 11.4. The first kappa shape index (κ1) is 24.0. The average molecular weight is 453 g/mol. The predicted molar refractivity (Wildman–Crippen MR) is 121 cm³/mol. The number of carbonyl (C=O) groups is 2. The lowest BCUT2D eigenvalue weighted by Crippen LogP contribution is -2.13. The molecular weight excluding hydrogens is 424 g/mol. The molecule has 0 radical (unpaired) electrons. The van der Waals surface area contributed by atoms with Gasteiger partial charge in [-0.3, -0.25) is 4.79 Å². The summed E-state index contributed by atoms with van der Waals surface area (Å²) < 4.78 is 21.6. The van der Waals surface area contributed by atoms with Crippen LogP contribution in [-0.4, -0.2) is 35.1 Å². The van der Waals surface area contributed by atoms with E-state index in [9.17, 15) is 9.59 Å². The third kappa shape index (κ3) is 6.19. The van der Waals surface area contributed by atoms with Gasteiger partial charge in [-0.05, 0) is 44.0 Å². The van der Waals surface area contributed by atoms with Crippen LogP contribution < -0.4 is 9.47 Å². The van der Waals surface area contributed by atoms with Crippen LogP contribution in [0.25, 0.3) is 0 Å². The lowest BCUT2D eigenvalue weighted by molar-refractivity contribution is 0.0427. The Morgan fingerprint density at radius 1 is 0.970 bits per heavy atom. The monoisotopic (exact) mass is 452 g/mol. The molecule has 0 atom stereocenters. The number of hydrogen-bond donors (Lipinski definition) is 0. The van der Waals surface area contributed by atoms with Crippen LogP contribution in [0.3, 0.4) is 0 Å². The Balaban J connectivity index is 1.78. The summed E-state index contributed by atoms with van der Waals surface area (Å²) in [7, 11) is 0. The van der Waals surface area contributed by atoms with Crippen molar-refractivity contribution in [2.45, 2.75) is 40.7 Å². The molecule has 0 unspecified atom stereocenters. The molecule has 1 aromatic heterocycles. The minimum Gasteiger partial charge on any atom is -0.490 e. The van der Waals surface area contributed by atoms with Gasteiger partial charge >= 0.3 is 5.97 Å². The topological polar surface area (TPSA) is 101 Å². The van der Waals surface area contributed by atoms with Gasteiger partial charge in [-0.15, -0.1) is 0 Å². The molecule has 0 N–H and O–H groups in total. The van der Waals surface area contributed by atoms with Crippen LogP contribution >= 0.6 is 0 Å². The first-order valence-electron chi connectivity index (χ1n) is 10.9. The lowest BCUT2D eigenvalue weighted by atomic mass is 9.98. The zero-order chi connectivity index (χ0) is 23.8. The Kier molecular flexibility index (Phi) is 8.18. The van der Waals surface area contributed by atoms with E-state index in [-0.39, 0.29) is 29.4 Å². The molecule has 0 aliphatic heterocycles. The lowest BCUT2D eigenvalue weighted by Gasteiger charge is -2.13. The molecule has 0 fully saturated rings. The number of ketones is 1. The van der Waals surface area contributed by atoms with Crippen LogP contribution in [0.1, 0.15) is 65.7 Å². The van der Waals surface area contributed by atoms with Crippen molar-refractivity contribution in [1.29, 1.82) is 0 Å². The van der Waals surface area contributed by atoms with Crippen LogP contribution in [0.4, 0.5) is 0 Å². The van der Waals surface area contributed by atoms with Gasteiger partial charge in [0.15, 0.2) is 29.7 Å². The number of nitrogens with zero attached hydrogens (tertiary/aromatic N) is 2. The summed E-state index contributed by atoms with van der Waals surface area (Å²) >= 11 is 0. The van der Waals surface area contributed by atoms with Gasteiger partial charge in [0, 0.05) is 17.5 Å². The van der Waals surface area contributed by atoms with E-state index in [1.54, 1.807) is 42.5 Å². The number of hydrogen-bond acceptors (Lipinski definition) is 8. The maximum atomic E-state index is 13.2. The van der Waals surface area contributed by atoms with Gasteiger partial charge in [0.25, 0.3) is 5.89 Å². The second kappa shape index (κ2) is 11.3. The molecule has 1 heterocycles. The van der Waals surface area contributed by atoms with Crippen LogP contribution in [0, 0.1) is 5.92 Å². The minimum atomic E-state index is -0.654. The SMILES string of the molecule is CCOc1ccc(C(=O)c2ccccc2C(=O)OCc2nc(CC(C)C)no2)cc1OCC. The standard InChI is InChI=1S/C25H28N2O6/c1-5-30-20-12-11-17(14-21(20)31-6-2)24(28)18-9-7-8-10-19(18)25(29)32-15-23-26-22(27-33-23)13-16(3)4/h7-12,14,16H,5-6,13,15H2,1-4H3. The molecule has 0 aliphatic rings. The van der Waals surface area contributed by atoms with Gasteiger partial charge in [0.2, 0.25) is 0 Å². The fourth-order valence-electron chi connectivity index (χ4n) is 3.21. The molecule has 0 saturated carbocycles. The first-order valence-corrected chi connectivity index (χ1v) is 10.9. The highest BCUT2D eigenvalue weighted by molar-refractivity contribution is 6.14. The zero-order valence-corrected chi connectivity index (χ0v) is 19.3. The molecule has 2 aromatic carbocycles. The highest BCUT2D eigenvalue weighted by Crippen LogP contribution is 2.30.